The van der Waals surface area contributed by atoms with Crippen molar-refractivity contribution in [1.82, 2.24) is 0 Å². The largest absolute Gasteiger partial charge is 0.407 e. The summed E-state index contributed by atoms with van der Waals surface area (Å²) in [6.45, 7) is 0. The summed E-state index contributed by atoms with van der Waals surface area (Å²) < 4.78 is 42.1. The summed E-state index contributed by atoms with van der Waals surface area (Å²) in [7, 11) is 1.37. The zero-order valence-electron chi connectivity index (χ0n) is 12.2. The molecule has 1 heterocycles. The van der Waals surface area contributed by atoms with Crippen LogP contribution in [-0.2, 0) is 16.6 Å². The molecule has 0 radical (unpaired) electrons. The third kappa shape index (κ3) is 2.30. The van der Waals surface area contributed by atoms with E-state index in [1.165, 1.54) is 31.3 Å². The van der Waals surface area contributed by atoms with Gasteiger partial charge in [-0.3, -0.25) is 4.79 Å². The second-order valence-electron chi connectivity index (χ2n) is 5.59. The number of likely N-dealkylation sites (N-methyl/N-ethyl adjacent to an activating group) is 1. The highest BCUT2D eigenvalue weighted by Gasteiger charge is 2.66. The van der Waals surface area contributed by atoms with Crippen molar-refractivity contribution in [3.05, 3.63) is 64.7 Å². The summed E-state index contributed by atoms with van der Waals surface area (Å²) in [4.78, 5) is 13.7. The van der Waals surface area contributed by atoms with E-state index in [0.29, 0.717) is 10.6 Å². The topological polar surface area (TPSA) is 20.3 Å². The number of carbonyl (C=O) groups is 1. The van der Waals surface area contributed by atoms with Gasteiger partial charge in [-0.15, -0.1) is 0 Å². The molecule has 1 atom stereocenters. The predicted octanol–water partition coefficient (Wildman–Crippen LogP) is 4.36. The third-order valence-corrected chi connectivity index (χ3v) is 4.47. The average Bonchev–Trinajstić information content (AvgIpc) is 2.70. The van der Waals surface area contributed by atoms with E-state index < -0.39 is 23.9 Å². The van der Waals surface area contributed by atoms with Gasteiger partial charge in [0.2, 0.25) is 5.91 Å². The molecule has 0 N–H and O–H groups in total. The van der Waals surface area contributed by atoms with E-state index in [9.17, 15) is 18.0 Å². The lowest BCUT2D eigenvalue weighted by Gasteiger charge is -2.31. The number of amides is 1. The smallest absolute Gasteiger partial charge is 0.314 e. The number of nitrogens with zero attached hydrogens (tertiary/aromatic N) is 1. The molecule has 23 heavy (non-hydrogen) atoms. The monoisotopic (exact) mass is 339 g/mol. The van der Waals surface area contributed by atoms with Gasteiger partial charge in [0, 0.05) is 23.3 Å². The van der Waals surface area contributed by atoms with Crippen molar-refractivity contribution in [3.63, 3.8) is 0 Å². The summed E-state index contributed by atoms with van der Waals surface area (Å²) in [5.41, 5.74) is -1.94. The minimum absolute atomic E-state index is 0.0139. The summed E-state index contributed by atoms with van der Waals surface area (Å²) in [6, 6.07) is 12.2. The Labute approximate surface area is 136 Å². The molecule has 0 aromatic heterocycles. The maximum atomic E-state index is 14.0. The Hall–Kier alpha value is -2.01. The summed E-state index contributed by atoms with van der Waals surface area (Å²) in [5, 5.41) is 0.340. The van der Waals surface area contributed by atoms with Gasteiger partial charge in [-0.25, -0.2) is 0 Å². The highest BCUT2D eigenvalue weighted by Crippen LogP contribution is 2.52. The van der Waals surface area contributed by atoms with Crippen molar-refractivity contribution in [2.45, 2.75) is 18.0 Å². The molecule has 120 valence electrons. The number of fused-ring (bicyclic) bond motifs is 1. The highest BCUT2D eigenvalue weighted by atomic mass is 35.5. The normalized spacial score (nSPS) is 20.7. The molecule has 0 saturated carbocycles. The number of hydrogen-bond donors (Lipinski definition) is 0. The number of halogens is 4. The maximum absolute atomic E-state index is 14.0. The molecule has 0 saturated heterocycles. The van der Waals surface area contributed by atoms with E-state index in [4.69, 9.17) is 11.6 Å². The minimum atomic E-state index is -4.72. The second-order valence-corrected chi connectivity index (χ2v) is 6.03. The standard InChI is InChI=1S/C17H13ClF3NO/c1-22-14-8-3-2-7-13(14)16(15(22)23,17(19,20)21)10-11-5-4-6-12(18)9-11/h2-9H,10H2,1H3. The molecular formula is C17H13ClF3NO. The highest BCUT2D eigenvalue weighted by molar-refractivity contribution is 6.30. The van der Waals surface area contributed by atoms with Crippen LogP contribution in [0.3, 0.4) is 0 Å². The van der Waals surface area contributed by atoms with Crippen LogP contribution in [0.5, 0.6) is 0 Å². The van der Waals surface area contributed by atoms with E-state index in [-0.39, 0.29) is 11.3 Å². The second kappa shape index (κ2) is 5.27. The van der Waals surface area contributed by atoms with Crippen molar-refractivity contribution in [2.75, 3.05) is 11.9 Å². The molecule has 1 aliphatic heterocycles. The van der Waals surface area contributed by atoms with Gasteiger partial charge >= 0.3 is 6.18 Å². The van der Waals surface area contributed by atoms with Crippen molar-refractivity contribution in [1.29, 1.82) is 0 Å². The first-order chi connectivity index (χ1) is 10.8. The molecule has 2 nitrogen and oxygen atoms in total. The molecule has 3 rings (SSSR count). The quantitative estimate of drug-likeness (QED) is 0.796. The molecule has 0 bridgehead atoms. The number of anilines is 1. The predicted molar refractivity (Wildman–Crippen MR) is 82.7 cm³/mol. The molecule has 2 aromatic carbocycles. The van der Waals surface area contributed by atoms with E-state index >= 15 is 0 Å². The Balaban J connectivity index is 2.21. The lowest BCUT2D eigenvalue weighted by atomic mass is 9.75. The number of carbonyl (C=O) groups excluding carboxylic acids is 1. The Morgan fingerprint density at radius 1 is 1.13 bits per heavy atom. The van der Waals surface area contributed by atoms with Crippen LogP contribution >= 0.6 is 11.6 Å². The number of rotatable bonds is 2. The Kier molecular flexibility index (Phi) is 3.64. The van der Waals surface area contributed by atoms with Gasteiger partial charge in [-0.2, -0.15) is 13.2 Å². The van der Waals surface area contributed by atoms with Crippen molar-refractivity contribution in [2.24, 2.45) is 0 Å². The lowest BCUT2D eigenvalue weighted by Crippen LogP contribution is -2.51. The van der Waals surface area contributed by atoms with Gasteiger partial charge in [0.1, 0.15) is 0 Å². The van der Waals surface area contributed by atoms with E-state index in [0.717, 1.165) is 4.90 Å². The van der Waals surface area contributed by atoms with Crippen molar-refractivity contribution >= 4 is 23.2 Å². The molecular weight excluding hydrogens is 327 g/mol. The number of para-hydroxylation sites is 1. The Bertz CT molecular complexity index is 774. The molecule has 1 amide bonds. The van der Waals surface area contributed by atoms with E-state index in [1.54, 1.807) is 24.3 Å². The van der Waals surface area contributed by atoms with E-state index in [2.05, 4.69) is 0 Å². The van der Waals surface area contributed by atoms with Crippen LogP contribution in [0.1, 0.15) is 11.1 Å². The Morgan fingerprint density at radius 3 is 2.48 bits per heavy atom. The third-order valence-electron chi connectivity index (χ3n) is 4.24. The zero-order valence-corrected chi connectivity index (χ0v) is 12.9. The van der Waals surface area contributed by atoms with Gasteiger partial charge in [-0.1, -0.05) is 41.9 Å². The van der Waals surface area contributed by atoms with Gasteiger partial charge in [0.15, 0.2) is 5.41 Å². The SMILES string of the molecule is CN1C(=O)C(Cc2cccc(Cl)c2)(C(F)(F)F)c2ccccc21. The molecule has 1 unspecified atom stereocenters. The fourth-order valence-corrected chi connectivity index (χ4v) is 3.35. The fourth-order valence-electron chi connectivity index (χ4n) is 3.14. The van der Waals surface area contributed by atoms with Crippen LogP contribution in [-0.4, -0.2) is 19.1 Å². The molecule has 6 heteroatoms. The maximum Gasteiger partial charge on any atom is 0.407 e. The van der Waals surface area contributed by atoms with E-state index in [1.807, 2.05) is 0 Å². The summed E-state index contributed by atoms with van der Waals surface area (Å²) in [5.74, 6) is -0.967. The number of benzene rings is 2. The zero-order chi connectivity index (χ0) is 16.8. The van der Waals surface area contributed by atoms with Crippen LogP contribution in [0.2, 0.25) is 5.02 Å². The van der Waals surface area contributed by atoms with Gasteiger partial charge in [0.25, 0.3) is 0 Å². The summed E-state index contributed by atoms with van der Waals surface area (Å²) >= 11 is 5.88. The van der Waals surface area contributed by atoms with Crippen LogP contribution in [0.25, 0.3) is 0 Å². The molecule has 1 aliphatic rings. The van der Waals surface area contributed by atoms with Gasteiger partial charge < -0.3 is 4.90 Å². The van der Waals surface area contributed by atoms with Crippen molar-refractivity contribution < 1.29 is 18.0 Å². The molecule has 0 spiro atoms. The van der Waals surface area contributed by atoms with Crippen LogP contribution in [0.4, 0.5) is 18.9 Å². The first-order valence-corrected chi connectivity index (χ1v) is 7.34. The molecule has 2 aromatic rings. The van der Waals surface area contributed by atoms with Crippen LogP contribution < -0.4 is 4.90 Å². The number of hydrogen-bond acceptors (Lipinski definition) is 1. The fraction of sp³-hybridized carbons (Fsp3) is 0.235. The first kappa shape index (κ1) is 15.9. The first-order valence-electron chi connectivity index (χ1n) is 6.96. The molecule has 0 aliphatic carbocycles. The molecule has 0 fully saturated rings. The average molecular weight is 340 g/mol. The van der Waals surface area contributed by atoms with Crippen LogP contribution in [0.15, 0.2) is 48.5 Å². The number of alkyl halides is 3. The van der Waals surface area contributed by atoms with Gasteiger partial charge in [-0.05, 0) is 30.2 Å². The van der Waals surface area contributed by atoms with Crippen LogP contribution in [0, 0.1) is 0 Å². The minimum Gasteiger partial charge on any atom is -0.314 e. The summed E-state index contributed by atoms with van der Waals surface area (Å²) in [6.07, 6.45) is -5.19. The van der Waals surface area contributed by atoms with Crippen molar-refractivity contribution in [3.8, 4) is 0 Å². The van der Waals surface area contributed by atoms with Gasteiger partial charge in [0.05, 0.1) is 0 Å². The lowest BCUT2D eigenvalue weighted by molar-refractivity contribution is -0.191. The Morgan fingerprint density at radius 2 is 1.83 bits per heavy atom.